The Balaban J connectivity index is 2.68. The van der Waals surface area contributed by atoms with Crippen LogP contribution in [0.4, 0.5) is 5.69 Å². The lowest BCUT2D eigenvalue weighted by Crippen LogP contribution is -2.00. The van der Waals surface area contributed by atoms with Gasteiger partial charge < -0.3 is 10.3 Å². The van der Waals surface area contributed by atoms with Gasteiger partial charge in [-0.3, -0.25) is 0 Å². The van der Waals surface area contributed by atoms with Gasteiger partial charge in [0.05, 0.1) is 11.2 Å². The number of allylic oxidation sites excluding steroid dienone is 1. The SMILES string of the molecule is C=C(C)Cn1c(C)nc2c(N)cccc21. The number of nitrogens with two attached hydrogens (primary N) is 1. The van der Waals surface area contributed by atoms with E-state index in [0.717, 1.165) is 34.7 Å². The molecule has 0 aliphatic heterocycles. The lowest BCUT2D eigenvalue weighted by Gasteiger charge is -2.05. The monoisotopic (exact) mass is 201 g/mol. The number of hydrogen-bond acceptors (Lipinski definition) is 2. The highest BCUT2D eigenvalue weighted by Crippen LogP contribution is 2.21. The number of fused-ring (bicyclic) bond motifs is 1. The van der Waals surface area contributed by atoms with E-state index >= 15 is 0 Å². The minimum Gasteiger partial charge on any atom is -0.397 e. The number of rotatable bonds is 2. The number of anilines is 1. The highest BCUT2D eigenvalue weighted by Gasteiger charge is 2.08. The summed E-state index contributed by atoms with van der Waals surface area (Å²) >= 11 is 0. The predicted octanol–water partition coefficient (Wildman–Crippen LogP) is 2.50. The average Bonchev–Trinajstić information content (AvgIpc) is 2.45. The Kier molecular flexibility index (Phi) is 2.23. The molecule has 0 bridgehead atoms. The molecule has 0 saturated carbocycles. The van der Waals surface area contributed by atoms with Crippen LogP contribution in [0.5, 0.6) is 0 Å². The van der Waals surface area contributed by atoms with Crippen LogP contribution < -0.4 is 5.73 Å². The van der Waals surface area contributed by atoms with Gasteiger partial charge in [-0.1, -0.05) is 18.2 Å². The van der Waals surface area contributed by atoms with E-state index < -0.39 is 0 Å². The van der Waals surface area contributed by atoms with E-state index in [0.29, 0.717) is 0 Å². The van der Waals surface area contributed by atoms with Gasteiger partial charge in [0.25, 0.3) is 0 Å². The Bertz CT molecular complexity index is 523. The molecular formula is C12H15N3. The third-order valence-corrected chi connectivity index (χ3v) is 2.43. The minimum absolute atomic E-state index is 0.732. The van der Waals surface area contributed by atoms with Gasteiger partial charge in [-0.05, 0) is 26.0 Å². The Morgan fingerprint density at radius 3 is 2.93 bits per heavy atom. The largest absolute Gasteiger partial charge is 0.397 e. The normalized spacial score (nSPS) is 10.8. The highest BCUT2D eigenvalue weighted by atomic mass is 15.1. The van der Waals surface area contributed by atoms with E-state index in [1.807, 2.05) is 32.0 Å². The molecule has 78 valence electrons. The van der Waals surface area contributed by atoms with E-state index in [-0.39, 0.29) is 0 Å². The zero-order valence-electron chi connectivity index (χ0n) is 9.12. The molecule has 2 rings (SSSR count). The Labute approximate surface area is 89.2 Å². The molecule has 15 heavy (non-hydrogen) atoms. The molecule has 0 radical (unpaired) electrons. The van der Waals surface area contributed by atoms with Crippen molar-refractivity contribution >= 4 is 16.7 Å². The van der Waals surface area contributed by atoms with Gasteiger partial charge in [-0.25, -0.2) is 4.98 Å². The van der Waals surface area contributed by atoms with E-state index in [1.54, 1.807) is 0 Å². The maximum Gasteiger partial charge on any atom is 0.112 e. The van der Waals surface area contributed by atoms with Crippen LogP contribution >= 0.6 is 0 Å². The third kappa shape index (κ3) is 1.61. The van der Waals surface area contributed by atoms with Crippen LogP contribution in [-0.2, 0) is 6.54 Å². The number of nitrogen functional groups attached to an aromatic ring is 1. The molecule has 1 heterocycles. The molecule has 2 aromatic rings. The molecule has 0 atom stereocenters. The fourth-order valence-corrected chi connectivity index (χ4v) is 1.75. The summed E-state index contributed by atoms with van der Waals surface area (Å²) in [6, 6.07) is 5.86. The second-order valence-corrected chi connectivity index (χ2v) is 3.92. The summed E-state index contributed by atoms with van der Waals surface area (Å²) in [5.74, 6) is 0.978. The van der Waals surface area contributed by atoms with Gasteiger partial charge in [-0.2, -0.15) is 0 Å². The molecule has 0 fully saturated rings. The van der Waals surface area contributed by atoms with Crippen LogP contribution in [0.25, 0.3) is 11.0 Å². The molecule has 2 N–H and O–H groups in total. The van der Waals surface area contributed by atoms with Crippen LogP contribution in [0, 0.1) is 6.92 Å². The zero-order valence-corrected chi connectivity index (χ0v) is 9.12. The summed E-state index contributed by atoms with van der Waals surface area (Å²) in [5, 5.41) is 0. The predicted molar refractivity (Wildman–Crippen MR) is 63.7 cm³/mol. The van der Waals surface area contributed by atoms with Crippen molar-refractivity contribution in [3.05, 3.63) is 36.2 Å². The molecule has 1 aromatic carbocycles. The maximum absolute atomic E-state index is 5.87. The van der Waals surface area contributed by atoms with Gasteiger partial charge in [0.2, 0.25) is 0 Å². The number of aryl methyl sites for hydroxylation is 1. The van der Waals surface area contributed by atoms with E-state index in [1.165, 1.54) is 0 Å². The van der Waals surface area contributed by atoms with Gasteiger partial charge >= 0.3 is 0 Å². The number of benzene rings is 1. The molecule has 3 heteroatoms. The Hall–Kier alpha value is -1.77. The van der Waals surface area contributed by atoms with Crippen molar-refractivity contribution in [2.45, 2.75) is 20.4 Å². The summed E-state index contributed by atoms with van der Waals surface area (Å²) in [4.78, 5) is 4.46. The second-order valence-electron chi connectivity index (χ2n) is 3.92. The zero-order chi connectivity index (χ0) is 11.0. The second kappa shape index (κ2) is 3.42. The Morgan fingerprint density at radius 2 is 2.27 bits per heavy atom. The summed E-state index contributed by atoms with van der Waals surface area (Å²) in [5.41, 5.74) is 9.68. The number of hydrogen-bond donors (Lipinski definition) is 1. The van der Waals surface area contributed by atoms with E-state index in [2.05, 4.69) is 16.1 Å². The summed E-state index contributed by atoms with van der Waals surface area (Å²) < 4.78 is 2.13. The van der Waals surface area contributed by atoms with Crippen molar-refractivity contribution in [2.24, 2.45) is 0 Å². The van der Waals surface area contributed by atoms with Crippen LogP contribution in [0.3, 0.4) is 0 Å². The molecule has 0 aliphatic carbocycles. The number of para-hydroxylation sites is 1. The first-order chi connectivity index (χ1) is 7.09. The molecule has 0 amide bonds. The van der Waals surface area contributed by atoms with E-state index in [9.17, 15) is 0 Å². The molecule has 0 unspecified atom stereocenters. The van der Waals surface area contributed by atoms with Crippen molar-refractivity contribution in [1.82, 2.24) is 9.55 Å². The smallest absolute Gasteiger partial charge is 0.112 e. The number of imidazole rings is 1. The van der Waals surface area contributed by atoms with Crippen molar-refractivity contribution < 1.29 is 0 Å². The molecule has 0 spiro atoms. The van der Waals surface area contributed by atoms with Gasteiger partial charge in [0.15, 0.2) is 0 Å². The van der Waals surface area contributed by atoms with Gasteiger partial charge in [0, 0.05) is 6.54 Å². The first kappa shape index (κ1) is 9.77. The first-order valence-electron chi connectivity index (χ1n) is 4.95. The highest BCUT2D eigenvalue weighted by molar-refractivity contribution is 5.87. The van der Waals surface area contributed by atoms with E-state index in [4.69, 9.17) is 5.73 Å². The first-order valence-corrected chi connectivity index (χ1v) is 4.95. The van der Waals surface area contributed by atoms with Crippen LogP contribution in [-0.4, -0.2) is 9.55 Å². The Morgan fingerprint density at radius 1 is 1.53 bits per heavy atom. The lowest BCUT2D eigenvalue weighted by molar-refractivity contribution is 0.775. The summed E-state index contributed by atoms with van der Waals surface area (Å²) in [6.07, 6.45) is 0. The van der Waals surface area contributed by atoms with Crippen LogP contribution in [0.15, 0.2) is 30.4 Å². The van der Waals surface area contributed by atoms with Crippen molar-refractivity contribution in [1.29, 1.82) is 0 Å². The molecular weight excluding hydrogens is 186 g/mol. The molecule has 0 aliphatic rings. The number of aromatic nitrogens is 2. The molecule has 0 saturated heterocycles. The summed E-state index contributed by atoms with van der Waals surface area (Å²) in [6.45, 7) is 8.72. The topological polar surface area (TPSA) is 43.8 Å². The third-order valence-electron chi connectivity index (χ3n) is 2.43. The minimum atomic E-state index is 0.732. The standard InChI is InChI=1S/C12H15N3/c1-8(2)7-15-9(3)14-12-10(13)5-4-6-11(12)15/h4-6H,1,7,13H2,2-3H3. The van der Waals surface area contributed by atoms with Crippen LogP contribution in [0.1, 0.15) is 12.7 Å². The average molecular weight is 201 g/mol. The number of nitrogens with zero attached hydrogens (tertiary/aromatic N) is 2. The summed E-state index contributed by atoms with van der Waals surface area (Å²) in [7, 11) is 0. The molecule has 1 aromatic heterocycles. The van der Waals surface area contributed by atoms with Crippen molar-refractivity contribution in [2.75, 3.05) is 5.73 Å². The molecule has 3 nitrogen and oxygen atoms in total. The van der Waals surface area contributed by atoms with Crippen LogP contribution in [0.2, 0.25) is 0 Å². The quantitative estimate of drug-likeness (QED) is 0.599. The fourth-order valence-electron chi connectivity index (χ4n) is 1.75. The van der Waals surface area contributed by atoms with Crippen molar-refractivity contribution in [3.63, 3.8) is 0 Å². The lowest BCUT2D eigenvalue weighted by atomic mass is 10.2. The maximum atomic E-state index is 5.87. The van der Waals surface area contributed by atoms with Gasteiger partial charge in [0.1, 0.15) is 11.3 Å². The van der Waals surface area contributed by atoms with Gasteiger partial charge in [-0.15, -0.1) is 0 Å². The fraction of sp³-hybridized carbons (Fsp3) is 0.250. The van der Waals surface area contributed by atoms with Crippen molar-refractivity contribution in [3.8, 4) is 0 Å².